The number of hydrogen-bond donors (Lipinski definition) is 2. The van der Waals surface area contributed by atoms with E-state index in [0.29, 0.717) is 5.56 Å². The lowest BCUT2D eigenvalue weighted by Gasteiger charge is -2.10. The van der Waals surface area contributed by atoms with Crippen LogP contribution in [0.3, 0.4) is 0 Å². The van der Waals surface area contributed by atoms with Gasteiger partial charge in [-0.3, -0.25) is 9.36 Å². The Morgan fingerprint density at radius 2 is 1.96 bits per heavy atom. The molecule has 0 bridgehead atoms. The predicted octanol–water partition coefficient (Wildman–Crippen LogP) is 3.57. The van der Waals surface area contributed by atoms with Gasteiger partial charge in [-0.15, -0.1) is 0 Å². The number of carbonyl (C=O) groups is 1. The molecular formula is C18H16N2O3S. The molecule has 5 nitrogen and oxygen atoms in total. The van der Waals surface area contributed by atoms with E-state index in [1.807, 2.05) is 42.0 Å². The quantitative estimate of drug-likeness (QED) is 0.422. The average molecular weight is 340 g/mol. The number of phenols is 2. The molecule has 122 valence electrons. The normalized spacial score (nSPS) is 10.7. The van der Waals surface area contributed by atoms with E-state index in [-0.39, 0.29) is 23.0 Å². The number of thioether (sulfide) groups is 1. The number of ketones is 1. The van der Waals surface area contributed by atoms with Gasteiger partial charge >= 0.3 is 0 Å². The van der Waals surface area contributed by atoms with Crippen molar-refractivity contribution in [2.24, 2.45) is 0 Å². The molecule has 0 aliphatic carbocycles. The molecule has 3 aromatic rings. The maximum absolute atomic E-state index is 12.3. The van der Waals surface area contributed by atoms with Crippen LogP contribution in [0.1, 0.15) is 15.9 Å². The van der Waals surface area contributed by atoms with Crippen molar-refractivity contribution in [2.75, 3.05) is 5.75 Å². The lowest BCUT2D eigenvalue weighted by molar-refractivity contribution is 0.102. The van der Waals surface area contributed by atoms with Crippen LogP contribution in [-0.2, 0) is 0 Å². The summed E-state index contributed by atoms with van der Waals surface area (Å²) in [6, 6.07) is 12.0. The summed E-state index contributed by atoms with van der Waals surface area (Å²) in [6.45, 7) is 2.02. The summed E-state index contributed by atoms with van der Waals surface area (Å²) >= 11 is 1.33. The summed E-state index contributed by atoms with van der Waals surface area (Å²) in [5.74, 6) is -0.496. The number of aryl methyl sites for hydroxylation is 1. The van der Waals surface area contributed by atoms with Crippen molar-refractivity contribution in [3.05, 3.63) is 66.0 Å². The summed E-state index contributed by atoms with van der Waals surface area (Å²) in [5.41, 5.74) is 2.49. The van der Waals surface area contributed by atoms with Crippen LogP contribution in [0.4, 0.5) is 0 Å². The van der Waals surface area contributed by atoms with E-state index in [1.165, 1.54) is 30.0 Å². The molecule has 0 spiro atoms. The SMILES string of the molecule is Cc1ccccc1-n1ccnc1SCC(=O)c1ccc(O)c(O)c1. The van der Waals surface area contributed by atoms with Gasteiger partial charge in [-0.05, 0) is 36.8 Å². The number of carbonyl (C=O) groups excluding carboxylic acids is 1. The molecule has 1 heterocycles. The topological polar surface area (TPSA) is 75.4 Å². The molecule has 0 radical (unpaired) electrons. The standard InChI is InChI=1S/C18H16N2O3S/c1-12-4-2-3-5-14(12)20-9-8-19-18(20)24-11-17(23)13-6-7-15(21)16(22)10-13/h2-10,21-22H,11H2,1H3. The minimum atomic E-state index is -0.299. The molecule has 2 N–H and O–H groups in total. The Labute approximate surface area is 143 Å². The zero-order valence-corrected chi connectivity index (χ0v) is 13.8. The fourth-order valence-electron chi connectivity index (χ4n) is 2.32. The first-order valence-corrected chi connectivity index (χ1v) is 8.32. The molecule has 0 unspecified atom stereocenters. The lowest BCUT2D eigenvalue weighted by atomic mass is 10.1. The van der Waals surface area contributed by atoms with Crippen molar-refractivity contribution >= 4 is 17.5 Å². The maximum atomic E-state index is 12.3. The zero-order chi connectivity index (χ0) is 17.1. The highest BCUT2D eigenvalue weighted by atomic mass is 32.2. The van der Waals surface area contributed by atoms with E-state index in [1.54, 1.807) is 6.20 Å². The van der Waals surface area contributed by atoms with E-state index in [0.717, 1.165) is 16.4 Å². The fourth-order valence-corrected chi connectivity index (χ4v) is 3.18. The second-order valence-corrected chi connectivity index (χ2v) is 6.22. The zero-order valence-electron chi connectivity index (χ0n) is 13.0. The Kier molecular flexibility index (Phi) is 4.57. The van der Waals surface area contributed by atoms with Crippen LogP contribution in [0.2, 0.25) is 0 Å². The minimum Gasteiger partial charge on any atom is -0.504 e. The number of aromatic hydroxyl groups is 2. The van der Waals surface area contributed by atoms with E-state index >= 15 is 0 Å². The molecule has 0 atom stereocenters. The third kappa shape index (κ3) is 3.28. The molecule has 0 saturated carbocycles. The largest absolute Gasteiger partial charge is 0.504 e. The van der Waals surface area contributed by atoms with Crippen LogP contribution in [0.5, 0.6) is 11.5 Å². The molecule has 6 heteroatoms. The Morgan fingerprint density at radius 1 is 1.17 bits per heavy atom. The Hall–Kier alpha value is -2.73. The van der Waals surface area contributed by atoms with E-state index < -0.39 is 0 Å². The Morgan fingerprint density at radius 3 is 2.71 bits per heavy atom. The first-order chi connectivity index (χ1) is 11.6. The van der Waals surface area contributed by atoms with Gasteiger partial charge in [0, 0.05) is 18.0 Å². The number of Topliss-reactive ketones (excluding diaryl/α,β-unsaturated/α-hetero) is 1. The fraction of sp³-hybridized carbons (Fsp3) is 0.111. The molecule has 2 aromatic carbocycles. The van der Waals surface area contributed by atoms with Gasteiger partial charge in [0.05, 0.1) is 11.4 Å². The summed E-state index contributed by atoms with van der Waals surface area (Å²) in [6.07, 6.45) is 3.56. The van der Waals surface area contributed by atoms with Crippen molar-refractivity contribution in [1.29, 1.82) is 0 Å². The third-order valence-corrected chi connectivity index (χ3v) is 4.58. The van der Waals surface area contributed by atoms with Crippen LogP contribution >= 0.6 is 11.8 Å². The molecule has 0 aliphatic rings. The summed E-state index contributed by atoms with van der Waals surface area (Å²) in [4.78, 5) is 16.6. The molecule has 24 heavy (non-hydrogen) atoms. The number of phenolic OH excluding ortho intramolecular Hbond substituents is 2. The van der Waals surface area contributed by atoms with Gasteiger partial charge in [-0.1, -0.05) is 30.0 Å². The van der Waals surface area contributed by atoms with E-state index in [4.69, 9.17) is 0 Å². The van der Waals surface area contributed by atoms with Gasteiger partial charge in [0.15, 0.2) is 22.4 Å². The van der Waals surface area contributed by atoms with Gasteiger partial charge < -0.3 is 10.2 Å². The highest BCUT2D eigenvalue weighted by Gasteiger charge is 2.13. The van der Waals surface area contributed by atoms with Crippen LogP contribution in [0.25, 0.3) is 5.69 Å². The van der Waals surface area contributed by atoms with Crippen LogP contribution in [0.15, 0.2) is 60.0 Å². The monoisotopic (exact) mass is 340 g/mol. The predicted molar refractivity (Wildman–Crippen MR) is 93.1 cm³/mol. The van der Waals surface area contributed by atoms with Crippen LogP contribution in [0, 0.1) is 6.92 Å². The number of imidazole rings is 1. The summed E-state index contributed by atoms with van der Waals surface area (Å²) in [7, 11) is 0. The molecule has 1 aromatic heterocycles. The van der Waals surface area contributed by atoms with E-state index in [9.17, 15) is 15.0 Å². The second-order valence-electron chi connectivity index (χ2n) is 5.28. The molecule has 0 amide bonds. The lowest BCUT2D eigenvalue weighted by Crippen LogP contribution is -2.04. The number of para-hydroxylation sites is 1. The Bertz CT molecular complexity index is 889. The van der Waals surface area contributed by atoms with Crippen molar-refractivity contribution in [3.8, 4) is 17.2 Å². The van der Waals surface area contributed by atoms with Gasteiger partial charge in [0.25, 0.3) is 0 Å². The van der Waals surface area contributed by atoms with Gasteiger partial charge in [-0.25, -0.2) is 4.98 Å². The van der Waals surface area contributed by atoms with Gasteiger partial charge in [0.2, 0.25) is 0 Å². The number of aromatic nitrogens is 2. The average Bonchev–Trinajstić information content (AvgIpc) is 3.04. The van der Waals surface area contributed by atoms with Crippen molar-refractivity contribution in [3.63, 3.8) is 0 Å². The van der Waals surface area contributed by atoms with E-state index in [2.05, 4.69) is 4.98 Å². The third-order valence-electron chi connectivity index (χ3n) is 3.61. The number of hydrogen-bond acceptors (Lipinski definition) is 5. The molecule has 0 fully saturated rings. The second kappa shape index (κ2) is 6.80. The highest BCUT2D eigenvalue weighted by Crippen LogP contribution is 2.27. The van der Waals surface area contributed by atoms with Crippen molar-refractivity contribution in [2.45, 2.75) is 12.1 Å². The molecule has 0 aliphatic heterocycles. The number of benzene rings is 2. The van der Waals surface area contributed by atoms with Gasteiger partial charge in [-0.2, -0.15) is 0 Å². The smallest absolute Gasteiger partial charge is 0.173 e. The van der Waals surface area contributed by atoms with Crippen molar-refractivity contribution < 1.29 is 15.0 Å². The Balaban J connectivity index is 1.76. The minimum absolute atomic E-state index is 0.144. The molecule has 3 rings (SSSR count). The highest BCUT2D eigenvalue weighted by molar-refractivity contribution is 7.99. The number of rotatable bonds is 5. The summed E-state index contributed by atoms with van der Waals surface area (Å²) < 4.78 is 1.95. The summed E-state index contributed by atoms with van der Waals surface area (Å²) in [5, 5.41) is 19.5. The van der Waals surface area contributed by atoms with Gasteiger partial charge in [0.1, 0.15) is 0 Å². The molecule has 0 saturated heterocycles. The molecular weight excluding hydrogens is 324 g/mol. The number of nitrogens with zero attached hydrogens (tertiary/aromatic N) is 2. The first kappa shape index (κ1) is 16.1. The van der Waals surface area contributed by atoms with Crippen LogP contribution in [-0.4, -0.2) is 31.3 Å². The maximum Gasteiger partial charge on any atom is 0.173 e. The van der Waals surface area contributed by atoms with Crippen LogP contribution < -0.4 is 0 Å². The first-order valence-electron chi connectivity index (χ1n) is 7.33. The van der Waals surface area contributed by atoms with Crippen molar-refractivity contribution in [1.82, 2.24) is 9.55 Å².